The van der Waals surface area contributed by atoms with Gasteiger partial charge in [-0.25, -0.2) is 10.2 Å². The third kappa shape index (κ3) is 4.41. The number of benzene rings is 2. The van der Waals surface area contributed by atoms with Crippen LogP contribution in [0.5, 0.6) is 5.75 Å². The number of hydrogen-bond donors (Lipinski definition) is 2. The van der Waals surface area contributed by atoms with Crippen LogP contribution in [0.2, 0.25) is 0 Å². The van der Waals surface area contributed by atoms with Crippen molar-refractivity contribution in [3.8, 4) is 5.75 Å². The van der Waals surface area contributed by atoms with Crippen LogP contribution in [-0.2, 0) is 0 Å². The zero-order valence-electron chi connectivity index (χ0n) is 12.5. The Morgan fingerprint density at radius 1 is 1.17 bits per heavy atom. The van der Waals surface area contributed by atoms with Gasteiger partial charge in [0.2, 0.25) is 0 Å². The minimum atomic E-state index is -1.05. The number of ether oxygens (including phenoxy) is 1. The lowest BCUT2D eigenvalue weighted by Gasteiger charge is -2.04. The highest BCUT2D eigenvalue weighted by molar-refractivity contribution is 5.99. The summed E-state index contributed by atoms with van der Waals surface area (Å²) < 4.78 is 5.30. The molecular weight excluding hydrogens is 296 g/mol. The number of carboxylic acid groups (broad SMARTS) is 1. The Hall–Kier alpha value is -3.15. The van der Waals surface area contributed by atoms with Crippen molar-refractivity contribution in [2.45, 2.75) is 6.92 Å². The predicted octanol–water partition coefficient (Wildman–Crippen LogP) is 2.55. The average molecular weight is 312 g/mol. The molecule has 23 heavy (non-hydrogen) atoms. The summed E-state index contributed by atoms with van der Waals surface area (Å²) in [6.45, 7) is 2.43. The summed E-state index contributed by atoms with van der Waals surface area (Å²) in [5.41, 5.74) is 3.32. The van der Waals surface area contributed by atoms with Crippen LogP contribution in [0, 0.1) is 0 Å². The Morgan fingerprint density at radius 3 is 2.52 bits per heavy atom. The van der Waals surface area contributed by atoms with Crippen LogP contribution >= 0.6 is 0 Å². The third-order valence-corrected chi connectivity index (χ3v) is 2.99. The van der Waals surface area contributed by atoms with E-state index in [1.165, 1.54) is 12.3 Å². The number of carboxylic acids is 1. The van der Waals surface area contributed by atoms with Crippen LogP contribution in [-0.4, -0.2) is 29.8 Å². The van der Waals surface area contributed by atoms with Crippen LogP contribution < -0.4 is 10.2 Å². The Bertz CT molecular complexity index is 724. The molecule has 0 aliphatic heterocycles. The summed E-state index contributed by atoms with van der Waals surface area (Å²) in [4.78, 5) is 23.0. The molecule has 2 aromatic rings. The van der Waals surface area contributed by atoms with E-state index < -0.39 is 11.9 Å². The number of aromatic carboxylic acids is 1. The van der Waals surface area contributed by atoms with Crippen LogP contribution in [0.3, 0.4) is 0 Å². The van der Waals surface area contributed by atoms with Gasteiger partial charge in [-0.1, -0.05) is 18.2 Å². The zero-order valence-corrected chi connectivity index (χ0v) is 12.5. The molecular formula is C17H16N2O4. The molecule has 0 unspecified atom stereocenters. The Morgan fingerprint density at radius 2 is 1.87 bits per heavy atom. The fourth-order valence-electron chi connectivity index (χ4n) is 1.90. The standard InChI is InChI=1S/C17H16N2O4/c1-2-23-14-9-7-12(8-10-14)16(20)19-18-11-13-5-3-4-6-15(13)17(21)22/h3-11H,2H2,1H3,(H,19,20)(H,21,22)/b18-11+. The van der Waals surface area contributed by atoms with Crippen molar-refractivity contribution in [2.75, 3.05) is 6.61 Å². The van der Waals surface area contributed by atoms with Crippen LogP contribution in [0.25, 0.3) is 0 Å². The first-order chi connectivity index (χ1) is 11.1. The van der Waals surface area contributed by atoms with Gasteiger partial charge in [-0.3, -0.25) is 4.79 Å². The molecule has 0 fully saturated rings. The van der Waals surface area contributed by atoms with E-state index in [2.05, 4.69) is 10.5 Å². The lowest BCUT2D eigenvalue weighted by molar-refractivity contribution is 0.0696. The normalized spacial score (nSPS) is 10.5. The number of carbonyl (C=O) groups excluding carboxylic acids is 1. The van der Waals surface area contributed by atoms with Gasteiger partial charge >= 0.3 is 5.97 Å². The molecule has 2 N–H and O–H groups in total. The second-order valence-corrected chi connectivity index (χ2v) is 4.55. The first-order valence-electron chi connectivity index (χ1n) is 7.00. The van der Waals surface area contributed by atoms with Crippen molar-refractivity contribution in [3.63, 3.8) is 0 Å². The lowest BCUT2D eigenvalue weighted by Crippen LogP contribution is -2.17. The van der Waals surface area contributed by atoms with E-state index in [4.69, 9.17) is 9.84 Å². The van der Waals surface area contributed by atoms with Gasteiger partial charge in [-0.2, -0.15) is 5.10 Å². The van der Waals surface area contributed by atoms with E-state index in [1.807, 2.05) is 6.92 Å². The first-order valence-corrected chi connectivity index (χ1v) is 7.00. The van der Waals surface area contributed by atoms with Gasteiger partial charge in [0.05, 0.1) is 18.4 Å². The Labute approximate surface area is 133 Å². The van der Waals surface area contributed by atoms with E-state index in [0.717, 1.165) is 0 Å². The third-order valence-electron chi connectivity index (χ3n) is 2.99. The Balaban J connectivity index is 2.02. The number of hydrazone groups is 1. The molecule has 0 aromatic heterocycles. The fourth-order valence-corrected chi connectivity index (χ4v) is 1.90. The molecule has 0 radical (unpaired) electrons. The van der Waals surface area contributed by atoms with E-state index in [-0.39, 0.29) is 5.56 Å². The van der Waals surface area contributed by atoms with Crippen LogP contribution in [0.4, 0.5) is 0 Å². The van der Waals surface area contributed by atoms with Crippen LogP contribution in [0.15, 0.2) is 53.6 Å². The van der Waals surface area contributed by atoms with E-state index >= 15 is 0 Å². The zero-order chi connectivity index (χ0) is 16.7. The number of nitrogens with zero attached hydrogens (tertiary/aromatic N) is 1. The summed E-state index contributed by atoms with van der Waals surface area (Å²) in [5, 5.41) is 12.9. The van der Waals surface area contributed by atoms with E-state index in [9.17, 15) is 9.59 Å². The van der Waals surface area contributed by atoms with Gasteiger partial charge in [-0.15, -0.1) is 0 Å². The number of nitrogens with one attached hydrogen (secondary N) is 1. The lowest BCUT2D eigenvalue weighted by atomic mass is 10.1. The maximum atomic E-state index is 11.9. The monoisotopic (exact) mass is 312 g/mol. The van der Waals surface area contributed by atoms with Gasteiger partial charge in [0, 0.05) is 11.1 Å². The summed E-state index contributed by atoms with van der Waals surface area (Å²) in [7, 11) is 0. The SMILES string of the molecule is CCOc1ccc(C(=O)N/N=C/c2ccccc2C(=O)O)cc1. The molecule has 1 amide bonds. The molecule has 6 nitrogen and oxygen atoms in total. The largest absolute Gasteiger partial charge is 0.494 e. The molecule has 0 spiro atoms. The minimum absolute atomic E-state index is 0.117. The number of hydrogen-bond acceptors (Lipinski definition) is 4. The minimum Gasteiger partial charge on any atom is -0.494 e. The molecule has 0 bridgehead atoms. The predicted molar refractivity (Wildman–Crippen MR) is 86.1 cm³/mol. The van der Waals surface area contributed by atoms with Crippen molar-refractivity contribution in [1.29, 1.82) is 0 Å². The molecule has 118 valence electrons. The summed E-state index contributed by atoms with van der Waals surface area (Å²) in [6.07, 6.45) is 1.30. The van der Waals surface area contributed by atoms with E-state index in [0.29, 0.717) is 23.5 Å². The topological polar surface area (TPSA) is 88.0 Å². The smallest absolute Gasteiger partial charge is 0.336 e. The van der Waals surface area contributed by atoms with Gasteiger partial charge in [0.25, 0.3) is 5.91 Å². The molecule has 2 aromatic carbocycles. The molecule has 0 saturated heterocycles. The quantitative estimate of drug-likeness (QED) is 0.634. The van der Waals surface area contributed by atoms with Crippen molar-refractivity contribution in [1.82, 2.24) is 5.43 Å². The summed E-state index contributed by atoms with van der Waals surface area (Å²) in [5.74, 6) is -0.759. The van der Waals surface area contributed by atoms with Crippen molar-refractivity contribution < 1.29 is 19.4 Å². The maximum absolute atomic E-state index is 11.9. The highest BCUT2D eigenvalue weighted by atomic mass is 16.5. The maximum Gasteiger partial charge on any atom is 0.336 e. The van der Waals surface area contributed by atoms with E-state index in [1.54, 1.807) is 42.5 Å². The average Bonchev–Trinajstić information content (AvgIpc) is 2.56. The van der Waals surface area contributed by atoms with Crippen molar-refractivity contribution in [2.24, 2.45) is 5.10 Å². The van der Waals surface area contributed by atoms with Gasteiger partial charge < -0.3 is 9.84 Å². The Kier molecular flexibility index (Phi) is 5.46. The molecule has 6 heteroatoms. The van der Waals surface area contributed by atoms with Gasteiger partial charge in [0.15, 0.2) is 0 Å². The second kappa shape index (κ2) is 7.74. The van der Waals surface area contributed by atoms with Crippen LogP contribution in [0.1, 0.15) is 33.2 Å². The highest BCUT2D eigenvalue weighted by Gasteiger charge is 2.07. The molecule has 0 atom stereocenters. The first kappa shape index (κ1) is 16.2. The van der Waals surface area contributed by atoms with Gasteiger partial charge in [0.1, 0.15) is 5.75 Å². The van der Waals surface area contributed by atoms with Crippen molar-refractivity contribution >= 4 is 18.1 Å². The molecule has 0 aliphatic rings. The summed E-state index contributed by atoms with van der Waals surface area (Å²) >= 11 is 0. The highest BCUT2D eigenvalue weighted by Crippen LogP contribution is 2.12. The molecule has 0 saturated carbocycles. The molecule has 2 rings (SSSR count). The molecule has 0 aliphatic carbocycles. The summed E-state index contributed by atoms with van der Waals surface area (Å²) in [6, 6.07) is 13.0. The van der Waals surface area contributed by atoms with Gasteiger partial charge in [-0.05, 0) is 37.3 Å². The molecule has 0 heterocycles. The fraction of sp³-hybridized carbons (Fsp3) is 0.118. The number of carbonyl (C=O) groups is 2. The number of amides is 1. The van der Waals surface area contributed by atoms with Crippen molar-refractivity contribution in [3.05, 3.63) is 65.2 Å². The second-order valence-electron chi connectivity index (χ2n) is 4.55. The number of rotatable bonds is 6.